The van der Waals surface area contributed by atoms with Crippen LogP contribution in [0.2, 0.25) is 0 Å². The predicted molar refractivity (Wildman–Crippen MR) is 78.7 cm³/mol. The number of aryl methyl sites for hydroxylation is 1. The zero-order chi connectivity index (χ0) is 17.9. The second kappa shape index (κ2) is 7.20. The maximum Gasteiger partial charge on any atom is 0.387 e. The van der Waals surface area contributed by atoms with E-state index in [-0.39, 0.29) is 11.1 Å². The molecule has 0 saturated heterocycles. The zero-order valence-corrected chi connectivity index (χ0v) is 12.8. The second-order valence-electron chi connectivity index (χ2n) is 5.00. The number of aromatic amines is 1. The number of ether oxygens (including phenoxy) is 2. The molecule has 0 fully saturated rings. The monoisotopic (exact) mass is 341 g/mol. The number of aromatic nitrogens is 1. The van der Waals surface area contributed by atoms with E-state index in [0.717, 1.165) is 12.1 Å². The first-order chi connectivity index (χ1) is 11.3. The van der Waals surface area contributed by atoms with Crippen molar-refractivity contribution in [1.29, 1.82) is 0 Å². The molecule has 0 radical (unpaired) electrons. The highest BCUT2D eigenvalue weighted by atomic mass is 19.3. The number of H-pyrrole nitrogens is 1. The Bertz CT molecular complexity index is 804. The van der Waals surface area contributed by atoms with Gasteiger partial charge in [-0.1, -0.05) is 0 Å². The number of nitrogens with one attached hydrogen (secondary N) is 1. The van der Waals surface area contributed by atoms with E-state index >= 15 is 0 Å². The average molecular weight is 341 g/mol. The van der Waals surface area contributed by atoms with Crippen molar-refractivity contribution in [2.24, 2.45) is 0 Å². The molecule has 5 nitrogen and oxygen atoms in total. The molecule has 0 aliphatic rings. The van der Waals surface area contributed by atoms with Gasteiger partial charge in [0.05, 0.1) is 0 Å². The van der Waals surface area contributed by atoms with Crippen molar-refractivity contribution in [2.45, 2.75) is 26.6 Å². The van der Waals surface area contributed by atoms with Crippen LogP contribution in [0, 0.1) is 12.7 Å². The Kier molecular flexibility index (Phi) is 5.28. The summed E-state index contributed by atoms with van der Waals surface area (Å²) >= 11 is 0. The molecule has 1 aromatic heterocycles. The molecule has 0 bridgehead atoms. The molecule has 1 aromatic carbocycles. The fourth-order valence-electron chi connectivity index (χ4n) is 2.06. The predicted octanol–water partition coefficient (Wildman–Crippen LogP) is 3.34. The number of carbonyl (C=O) groups excluding carboxylic acids is 1. The third kappa shape index (κ3) is 4.15. The van der Waals surface area contributed by atoms with E-state index < -0.39 is 35.7 Å². The van der Waals surface area contributed by atoms with Crippen molar-refractivity contribution in [2.75, 3.05) is 0 Å². The molecular weight excluding hydrogens is 327 g/mol. The summed E-state index contributed by atoms with van der Waals surface area (Å²) in [5.41, 5.74) is -0.151. The number of alkyl halides is 2. The maximum atomic E-state index is 13.2. The summed E-state index contributed by atoms with van der Waals surface area (Å²) in [4.78, 5) is 26.5. The average Bonchev–Trinajstić information content (AvgIpc) is 2.46. The van der Waals surface area contributed by atoms with Crippen LogP contribution in [0.3, 0.4) is 0 Å². The molecule has 0 aliphatic heterocycles. The van der Waals surface area contributed by atoms with Crippen LogP contribution < -0.4 is 10.2 Å². The van der Waals surface area contributed by atoms with Gasteiger partial charge in [-0.15, -0.1) is 0 Å². The Balaban J connectivity index is 2.24. The quantitative estimate of drug-likeness (QED) is 0.847. The van der Waals surface area contributed by atoms with Crippen molar-refractivity contribution in [3.05, 3.63) is 63.3 Å². The third-order valence-electron chi connectivity index (χ3n) is 3.19. The number of halogens is 3. The van der Waals surface area contributed by atoms with Gasteiger partial charge >= 0.3 is 12.6 Å². The van der Waals surface area contributed by atoms with Crippen molar-refractivity contribution in [1.82, 2.24) is 4.98 Å². The van der Waals surface area contributed by atoms with Crippen LogP contribution in [0.1, 0.15) is 34.6 Å². The Morgan fingerprint density at radius 3 is 2.58 bits per heavy atom. The highest BCUT2D eigenvalue weighted by molar-refractivity contribution is 5.89. The number of rotatable bonds is 5. The maximum absolute atomic E-state index is 13.2. The van der Waals surface area contributed by atoms with E-state index in [1.807, 2.05) is 0 Å². The Morgan fingerprint density at radius 1 is 1.25 bits per heavy atom. The molecule has 1 N–H and O–H groups in total. The summed E-state index contributed by atoms with van der Waals surface area (Å²) in [5, 5.41) is 0. The molecule has 0 unspecified atom stereocenters. The van der Waals surface area contributed by atoms with E-state index in [4.69, 9.17) is 4.74 Å². The van der Waals surface area contributed by atoms with Gasteiger partial charge in [0.2, 0.25) is 0 Å². The van der Waals surface area contributed by atoms with E-state index in [1.54, 1.807) is 6.92 Å². The molecule has 24 heavy (non-hydrogen) atoms. The normalized spacial score (nSPS) is 12.1. The van der Waals surface area contributed by atoms with E-state index in [1.165, 1.54) is 25.3 Å². The molecule has 0 spiro atoms. The van der Waals surface area contributed by atoms with Gasteiger partial charge < -0.3 is 14.5 Å². The standard InChI is InChI=1S/C16H14F3NO4/c1-8-5-13(21)12(7-20-8)15(22)23-9(2)11-4-3-10(17)6-14(11)24-16(18)19/h3-7,9,16H,1-2H3,(H,20,21)/t9-/m1/s1. The lowest BCUT2D eigenvalue weighted by Gasteiger charge is -2.17. The lowest BCUT2D eigenvalue weighted by molar-refractivity contribution is -0.0518. The number of carbonyl (C=O) groups is 1. The number of hydrogen-bond donors (Lipinski definition) is 1. The second-order valence-corrected chi connectivity index (χ2v) is 5.00. The van der Waals surface area contributed by atoms with Crippen LogP contribution in [-0.4, -0.2) is 17.6 Å². The van der Waals surface area contributed by atoms with Crippen molar-refractivity contribution in [3.8, 4) is 5.75 Å². The summed E-state index contributed by atoms with van der Waals surface area (Å²) in [6, 6.07) is 4.19. The zero-order valence-electron chi connectivity index (χ0n) is 12.8. The molecule has 0 amide bonds. The van der Waals surface area contributed by atoms with Crippen LogP contribution in [0.4, 0.5) is 13.2 Å². The highest BCUT2D eigenvalue weighted by Crippen LogP contribution is 2.30. The number of pyridine rings is 1. The van der Waals surface area contributed by atoms with Gasteiger partial charge in [0.15, 0.2) is 5.43 Å². The first-order valence-electron chi connectivity index (χ1n) is 6.92. The Labute approximate surface area is 135 Å². The van der Waals surface area contributed by atoms with Crippen LogP contribution in [0.5, 0.6) is 5.75 Å². The summed E-state index contributed by atoms with van der Waals surface area (Å²) in [5.74, 6) is -2.15. The highest BCUT2D eigenvalue weighted by Gasteiger charge is 2.21. The van der Waals surface area contributed by atoms with E-state index in [0.29, 0.717) is 5.69 Å². The molecule has 128 valence electrons. The van der Waals surface area contributed by atoms with Gasteiger partial charge in [-0.05, 0) is 26.0 Å². The lowest BCUT2D eigenvalue weighted by Crippen LogP contribution is -2.19. The molecule has 2 aromatic rings. The summed E-state index contributed by atoms with van der Waals surface area (Å²) in [6.07, 6.45) is 0.168. The number of hydrogen-bond acceptors (Lipinski definition) is 4. The third-order valence-corrected chi connectivity index (χ3v) is 3.19. The van der Waals surface area contributed by atoms with Gasteiger partial charge in [0, 0.05) is 29.6 Å². The minimum absolute atomic E-state index is 0.0496. The summed E-state index contributed by atoms with van der Waals surface area (Å²) in [6.45, 7) is -0.120. The summed E-state index contributed by atoms with van der Waals surface area (Å²) < 4.78 is 47.4. The van der Waals surface area contributed by atoms with Gasteiger partial charge in [-0.25, -0.2) is 9.18 Å². The Morgan fingerprint density at radius 2 is 1.96 bits per heavy atom. The molecular formula is C16H14F3NO4. The van der Waals surface area contributed by atoms with Crippen LogP contribution >= 0.6 is 0 Å². The minimum atomic E-state index is -3.16. The molecule has 2 rings (SSSR count). The molecule has 0 aliphatic carbocycles. The molecule has 0 saturated carbocycles. The SMILES string of the molecule is Cc1cc(=O)c(C(=O)O[C@H](C)c2ccc(F)cc2OC(F)F)c[nH]1. The number of esters is 1. The van der Waals surface area contributed by atoms with Gasteiger partial charge in [-0.3, -0.25) is 4.79 Å². The van der Waals surface area contributed by atoms with Crippen molar-refractivity contribution in [3.63, 3.8) is 0 Å². The topological polar surface area (TPSA) is 68.4 Å². The van der Waals surface area contributed by atoms with Gasteiger partial charge in [0.1, 0.15) is 23.2 Å². The van der Waals surface area contributed by atoms with Crippen LogP contribution in [0.15, 0.2) is 35.3 Å². The first kappa shape index (κ1) is 17.6. The van der Waals surface area contributed by atoms with Crippen LogP contribution in [0.25, 0.3) is 0 Å². The van der Waals surface area contributed by atoms with Crippen molar-refractivity contribution >= 4 is 5.97 Å². The fourth-order valence-corrected chi connectivity index (χ4v) is 2.06. The molecule has 1 atom stereocenters. The molecule has 1 heterocycles. The largest absolute Gasteiger partial charge is 0.454 e. The fraction of sp³-hybridized carbons (Fsp3) is 0.250. The smallest absolute Gasteiger partial charge is 0.387 e. The van der Waals surface area contributed by atoms with Crippen molar-refractivity contribution < 1.29 is 27.4 Å². The van der Waals surface area contributed by atoms with E-state index in [9.17, 15) is 22.8 Å². The van der Waals surface area contributed by atoms with Gasteiger partial charge in [-0.2, -0.15) is 8.78 Å². The van der Waals surface area contributed by atoms with Gasteiger partial charge in [0.25, 0.3) is 0 Å². The minimum Gasteiger partial charge on any atom is -0.454 e. The van der Waals surface area contributed by atoms with E-state index in [2.05, 4.69) is 9.72 Å². The number of benzene rings is 1. The first-order valence-corrected chi connectivity index (χ1v) is 6.92. The molecule has 8 heteroatoms. The lowest BCUT2D eigenvalue weighted by atomic mass is 10.1. The Hall–Kier alpha value is -2.77. The van der Waals surface area contributed by atoms with Crippen LogP contribution in [-0.2, 0) is 4.74 Å². The summed E-state index contributed by atoms with van der Waals surface area (Å²) in [7, 11) is 0.